The Morgan fingerprint density at radius 2 is 2.14 bits per heavy atom. The average molecular weight is 295 g/mol. The molecule has 6 nitrogen and oxygen atoms in total. The lowest BCUT2D eigenvalue weighted by Gasteiger charge is -2.21. The van der Waals surface area contributed by atoms with Crippen molar-refractivity contribution < 1.29 is 18.5 Å². The van der Waals surface area contributed by atoms with Crippen molar-refractivity contribution in [3.63, 3.8) is 0 Å². The lowest BCUT2D eigenvalue weighted by atomic mass is 10.1. The van der Waals surface area contributed by atoms with E-state index in [1.165, 1.54) is 4.90 Å². The molecular weight excluding hydrogens is 284 g/mol. The molecule has 0 saturated heterocycles. The van der Waals surface area contributed by atoms with Crippen LogP contribution in [0, 0.1) is 33.1 Å². The van der Waals surface area contributed by atoms with Gasteiger partial charge >= 0.3 is 5.69 Å². The van der Waals surface area contributed by atoms with Gasteiger partial charge in [0.05, 0.1) is 17.4 Å². The van der Waals surface area contributed by atoms with Gasteiger partial charge in [-0.15, -0.1) is 0 Å². The van der Waals surface area contributed by atoms with Gasteiger partial charge in [-0.2, -0.15) is 9.65 Å². The molecule has 0 bridgehead atoms. The Labute approximate surface area is 118 Å². The minimum Gasteiger partial charge on any atom is -0.334 e. The zero-order chi connectivity index (χ0) is 15.6. The van der Waals surface area contributed by atoms with Crippen molar-refractivity contribution >= 4 is 11.6 Å². The molecule has 1 aromatic rings. The largest absolute Gasteiger partial charge is 0.334 e. The zero-order valence-electron chi connectivity index (χ0n) is 10.9. The number of amides is 1. The summed E-state index contributed by atoms with van der Waals surface area (Å²) < 4.78 is 27.7. The van der Waals surface area contributed by atoms with E-state index in [0.717, 1.165) is 0 Å². The van der Waals surface area contributed by atoms with Crippen molar-refractivity contribution in [1.82, 2.24) is 4.90 Å². The second kappa shape index (κ2) is 5.83. The van der Waals surface area contributed by atoms with E-state index in [9.17, 15) is 23.7 Å². The summed E-state index contributed by atoms with van der Waals surface area (Å²) in [5.74, 6) is -3.58. The van der Waals surface area contributed by atoms with Crippen LogP contribution in [0.2, 0.25) is 0 Å². The number of rotatable bonds is 5. The number of nitrogens with zero attached hydrogens (tertiary/aromatic N) is 3. The van der Waals surface area contributed by atoms with Gasteiger partial charge in [0.2, 0.25) is 5.82 Å². The Morgan fingerprint density at radius 3 is 2.67 bits per heavy atom. The summed E-state index contributed by atoms with van der Waals surface area (Å²) in [6.07, 6.45) is 1.41. The molecule has 8 heteroatoms. The lowest BCUT2D eigenvalue weighted by Crippen LogP contribution is -2.35. The summed E-state index contributed by atoms with van der Waals surface area (Å²) in [4.78, 5) is 23.1. The van der Waals surface area contributed by atoms with Crippen molar-refractivity contribution in [2.75, 3.05) is 6.54 Å². The van der Waals surface area contributed by atoms with Crippen LogP contribution in [0.4, 0.5) is 14.5 Å². The standard InChI is InChI=1S/C13H11F2N3O3/c14-9-4-5-10(18(20)21)12(15)11(9)13(19)17(7-1-6-16)8-2-3-8/h4-5,8H,1-3,7H2. The van der Waals surface area contributed by atoms with Crippen LogP contribution in [0.15, 0.2) is 12.1 Å². The van der Waals surface area contributed by atoms with E-state index in [1.807, 2.05) is 6.07 Å². The quantitative estimate of drug-likeness (QED) is 0.616. The summed E-state index contributed by atoms with van der Waals surface area (Å²) in [5, 5.41) is 19.2. The normalized spacial score (nSPS) is 13.6. The molecule has 0 aliphatic heterocycles. The monoisotopic (exact) mass is 295 g/mol. The molecule has 0 radical (unpaired) electrons. The number of carbonyl (C=O) groups is 1. The highest BCUT2D eigenvalue weighted by Crippen LogP contribution is 2.31. The van der Waals surface area contributed by atoms with Crippen LogP contribution in [0.5, 0.6) is 0 Å². The van der Waals surface area contributed by atoms with Crippen LogP contribution < -0.4 is 0 Å². The third-order valence-electron chi connectivity index (χ3n) is 3.19. The molecule has 0 atom stereocenters. The molecule has 1 aliphatic carbocycles. The van der Waals surface area contributed by atoms with Gasteiger partial charge < -0.3 is 4.90 Å². The van der Waals surface area contributed by atoms with E-state index >= 15 is 0 Å². The molecule has 1 aromatic carbocycles. The number of halogens is 2. The molecule has 21 heavy (non-hydrogen) atoms. The molecule has 0 heterocycles. The summed E-state index contributed by atoms with van der Waals surface area (Å²) in [7, 11) is 0. The van der Waals surface area contributed by atoms with Gasteiger partial charge in [0.15, 0.2) is 0 Å². The zero-order valence-corrected chi connectivity index (χ0v) is 10.9. The molecular formula is C13H11F2N3O3. The first kappa shape index (κ1) is 14.8. The Morgan fingerprint density at radius 1 is 1.48 bits per heavy atom. The van der Waals surface area contributed by atoms with Gasteiger partial charge in [0.25, 0.3) is 5.91 Å². The highest BCUT2D eigenvalue weighted by molar-refractivity contribution is 5.96. The molecule has 1 saturated carbocycles. The third-order valence-corrected chi connectivity index (χ3v) is 3.19. The topological polar surface area (TPSA) is 87.2 Å². The van der Waals surface area contributed by atoms with Crippen LogP contribution in [-0.4, -0.2) is 28.3 Å². The molecule has 2 rings (SSSR count). The van der Waals surface area contributed by atoms with Crippen LogP contribution >= 0.6 is 0 Å². The number of carbonyl (C=O) groups excluding carboxylic acids is 1. The van der Waals surface area contributed by atoms with E-state index in [-0.39, 0.29) is 19.0 Å². The molecule has 0 spiro atoms. The van der Waals surface area contributed by atoms with Crippen LogP contribution in [0.3, 0.4) is 0 Å². The summed E-state index contributed by atoms with van der Waals surface area (Å²) in [5.41, 5.74) is -1.88. The number of nitriles is 1. The second-order valence-electron chi connectivity index (χ2n) is 4.65. The Hall–Kier alpha value is -2.56. The number of hydrogen-bond donors (Lipinski definition) is 0. The molecule has 1 aliphatic rings. The fourth-order valence-corrected chi connectivity index (χ4v) is 2.03. The van der Waals surface area contributed by atoms with Crippen LogP contribution in [0.1, 0.15) is 29.6 Å². The average Bonchev–Trinajstić information content (AvgIpc) is 3.23. The molecule has 0 unspecified atom stereocenters. The van der Waals surface area contributed by atoms with Gasteiger partial charge in [0, 0.05) is 18.7 Å². The predicted octanol–water partition coefficient (Wildman–Crippen LogP) is 2.39. The summed E-state index contributed by atoms with van der Waals surface area (Å²) >= 11 is 0. The van der Waals surface area contributed by atoms with E-state index in [1.54, 1.807) is 0 Å². The van der Waals surface area contributed by atoms with E-state index in [4.69, 9.17) is 5.26 Å². The fourth-order valence-electron chi connectivity index (χ4n) is 2.03. The molecule has 0 aromatic heterocycles. The van der Waals surface area contributed by atoms with E-state index in [0.29, 0.717) is 25.0 Å². The molecule has 0 N–H and O–H groups in total. The smallest absolute Gasteiger partial charge is 0.305 e. The maximum Gasteiger partial charge on any atom is 0.305 e. The lowest BCUT2D eigenvalue weighted by molar-refractivity contribution is -0.387. The van der Waals surface area contributed by atoms with Gasteiger partial charge in [-0.1, -0.05) is 0 Å². The Balaban J connectivity index is 2.39. The first-order valence-electron chi connectivity index (χ1n) is 6.27. The first-order valence-corrected chi connectivity index (χ1v) is 6.27. The fraction of sp³-hybridized carbons (Fsp3) is 0.385. The van der Waals surface area contributed by atoms with Gasteiger partial charge in [-0.25, -0.2) is 4.39 Å². The maximum atomic E-state index is 14.0. The van der Waals surface area contributed by atoms with E-state index in [2.05, 4.69) is 0 Å². The van der Waals surface area contributed by atoms with Gasteiger partial charge in [0.1, 0.15) is 11.4 Å². The summed E-state index contributed by atoms with van der Waals surface area (Å²) in [6.45, 7) is 0.0432. The Bertz CT molecular complexity index is 638. The molecule has 110 valence electrons. The van der Waals surface area contributed by atoms with E-state index < -0.39 is 33.7 Å². The number of hydrogen-bond acceptors (Lipinski definition) is 4. The van der Waals surface area contributed by atoms with Crippen molar-refractivity contribution in [2.24, 2.45) is 0 Å². The maximum absolute atomic E-state index is 14.0. The molecule has 1 amide bonds. The van der Waals surface area contributed by atoms with Crippen molar-refractivity contribution in [3.8, 4) is 6.07 Å². The Kier molecular flexibility index (Phi) is 4.12. The minimum absolute atomic E-state index is 0.0282. The number of nitro groups is 1. The van der Waals surface area contributed by atoms with Crippen LogP contribution in [0.25, 0.3) is 0 Å². The van der Waals surface area contributed by atoms with Crippen molar-refractivity contribution in [3.05, 3.63) is 39.4 Å². The second-order valence-corrected chi connectivity index (χ2v) is 4.65. The predicted molar refractivity (Wildman–Crippen MR) is 67.3 cm³/mol. The number of nitro benzene ring substituents is 1. The van der Waals surface area contributed by atoms with Gasteiger partial charge in [-0.3, -0.25) is 14.9 Å². The minimum atomic E-state index is -1.48. The SMILES string of the molecule is N#CCCN(C(=O)c1c(F)ccc([N+](=O)[O-])c1F)C1CC1. The highest BCUT2D eigenvalue weighted by Gasteiger charge is 2.36. The van der Waals surface area contributed by atoms with Crippen molar-refractivity contribution in [2.45, 2.75) is 25.3 Å². The third kappa shape index (κ3) is 2.97. The van der Waals surface area contributed by atoms with Crippen LogP contribution in [-0.2, 0) is 0 Å². The van der Waals surface area contributed by atoms with Crippen molar-refractivity contribution in [1.29, 1.82) is 5.26 Å². The highest BCUT2D eigenvalue weighted by atomic mass is 19.1. The first-order chi connectivity index (χ1) is 9.97. The van der Waals surface area contributed by atoms with Gasteiger partial charge in [-0.05, 0) is 18.9 Å². The number of benzene rings is 1. The summed E-state index contributed by atoms with van der Waals surface area (Å²) in [6, 6.07) is 3.07. The molecule has 1 fully saturated rings.